The molecule has 1 aromatic carbocycles. The first-order chi connectivity index (χ1) is 5.70. The van der Waals surface area contributed by atoms with E-state index in [2.05, 4.69) is 12.6 Å². The van der Waals surface area contributed by atoms with E-state index in [9.17, 15) is 4.39 Å². The number of hydrogen-bond donors (Lipinski definition) is 1. The molecule has 0 spiro atoms. The maximum Gasteiger partial charge on any atom is 0.154 e. The lowest BCUT2D eigenvalue weighted by atomic mass is 10.2. The fraction of sp³-hybridized carbons (Fsp3) is 0. The summed E-state index contributed by atoms with van der Waals surface area (Å²) in [4.78, 5) is 0.844. The highest BCUT2D eigenvalue weighted by Gasteiger charge is 2.08. The van der Waals surface area contributed by atoms with Crippen molar-refractivity contribution < 1.29 is 4.39 Å². The zero-order chi connectivity index (χ0) is 8.72. The number of rotatable bonds is 0. The van der Waals surface area contributed by atoms with E-state index >= 15 is 0 Å². The number of thiol groups is 1. The molecular formula is C8H4FIS2. The molecule has 0 unspecified atom stereocenters. The molecule has 0 nitrogen and oxygen atoms in total. The molecule has 0 aliphatic rings. The van der Waals surface area contributed by atoms with E-state index in [4.69, 9.17) is 0 Å². The monoisotopic (exact) mass is 310 g/mol. The van der Waals surface area contributed by atoms with E-state index in [0.717, 1.165) is 10.3 Å². The van der Waals surface area contributed by atoms with E-state index in [0.29, 0.717) is 8.27 Å². The van der Waals surface area contributed by atoms with E-state index in [1.807, 2.05) is 34.0 Å². The molecule has 0 atom stereocenters. The van der Waals surface area contributed by atoms with Gasteiger partial charge in [0, 0.05) is 10.3 Å². The molecular weight excluding hydrogens is 306 g/mol. The van der Waals surface area contributed by atoms with Gasteiger partial charge >= 0.3 is 0 Å². The molecule has 0 bridgehead atoms. The van der Waals surface area contributed by atoms with Crippen LogP contribution in [0.3, 0.4) is 0 Å². The Labute approximate surface area is 92.3 Å². The van der Waals surface area contributed by atoms with Crippen molar-refractivity contribution in [2.24, 2.45) is 0 Å². The van der Waals surface area contributed by atoms with Gasteiger partial charge in [-0.1, -0.05) is 0 Å². The summed E-state index contributed by atoms with van der Waals surface area (Å²) < 4.78 is 14.7. The highest BCUT2D eigenvalue weighted by atomic mass is 127. The molecule has 62 valence electrons. The first-order valence-electron chi connectivity index (χ1n) is 3.24. The second-order valence-electron chi connectivity index (χ2n) is 2.35. The molecule has 2 aromatic rings. The Balaban J connectivity index is 2.97. The van der Waals surface area contributed by atoms with Crippen LogP contribution in [0.15, 0.2) is 22.4 Å². The predicted octanol–water partition coefficient (Wildman–Crippen LogP) is 3.93. The van der Waals surface area contributed by atoms with Gasteiger partial charge in [-0.2, -0.15) is 0 Å². The number of benzene rings is 1. The quantitative estimate of drug-likeness (QED) is 0.553. The van der Waals surface area contributed by atoms with Crippen LogP contribution < -0.4 is 0 Å². The van der Waals surface area contributed by atoms with Crippen molar-refractivity contribution in [1.82, 2.24) is 0 Å². The lowest BCUT2D eigenvalue weighted by Crippen LogP contribution is -1.81. The predicted molar refractivity (Wildman–Crippen MR) is 61.8 cm³/mol. The molecule has 1 heterocycles. The number of fused-ring (bicyclic) bond motifs is 1. The van der Waals surface area contributed by atoms with E-state index < -0.39 is 0 Å². The third kappa shape index (κ3) is 1.25. The van der Waals surface area contributed by atoms with E-state index in [1.165, 1.54) is 11.3 Å². The van der Waals surface area contributed by atoms with Crippen molar-refractivity contribution in [3.63, 3.8) is 0 Å². The van der Waals surface area contributed by atoms with Crippen molar-refractivity contribution in [1.29, 1.82) is 0 Å². The molecule has 0 fully saturated rings. The Bertz CT molecular complexity index is 436. The fourth-order valence-corrected chi connectivity index (χ4v) is 3.31. The molecule has 12 heavy (non-hydrogen) atoms. The Kier molecular flexibility index (Phi) is 2.31. The van der Waals surface area contributed by atoms with Crippen molar-refractivity contribution in [3.05, 3.63) is 26.9 Å². The van der Waals surface area contributed by atoms with Crippen LogP contribution in [0.1, 0.15) is 0 Å². The zero-order valence-electron chi connectivity index (χ0n) is 5.84. The molecule has 0 aliphatic heterocycles. The molecule has 0 saturated heterocycles. The van der Waals surface area contributed by atoms with Gasteiger partial charge in [0.2, 0.25) is 0 Å². The molecule has 0 amide bonds. The maximum absolute atomic E-state index is 13.4. The van der Waals surface area contributed by atoms with E-state index in [-0.39, 0.29) is 5.82 Å². The van der Waals surface area contributed by atoms with Crippen LogP contribution in [-0.2, 0) is 0 Å². The van der Waals surface area contributed by atoms with Crippen LogP contribution in [-0.4, -0.2) is 0 Å². The summed E-state index contributed by atoms with van der Waals surface area (Å²) in [7, 11) is 0. The first kappa shape index (κ1) is 8.77. The highest BCUT2D eigenvalue weighted by Crippen LogP contribution is 2.31. The maximum atomic E-state index is 13.4. The summed E-state index contributed by atoms with van der Waals surface area (Å²) >= 11 is 7.66. The van der Waals surface area contributed by atoms with Gasteiger partial charge in [0.1, 0.15) is 0 Å². The lowest BCUT2D eigenvalue weighted by molar-refractivity contribution is 0.633. The molecule has 4 heteroatoms. The highest BCUT2D eigenvalue weighted by molar-refractivity contribution is 14.1. The molecule has 2 rings (SSSR count). The molecule has 0 radical (unpaired) electrons. The van der Waals surface area contributed by atoms with Crippen molar-refractivity contribution in [2.45, 2.75) is 4.90 Å². The lowest BCUT2D eigenvalue weighted by Gasteiger charge is -1.98. The average Bonchev–Trinajstić information content (AvgIpc) is 2.48. The van der Waals surface area contributed by atoms with Gasteiger partial charge in [-0.15, -0.1) is 24.0 Å². The fourth-order valence-electron chi connectivity index (χ4n) is 1.05. The second-order valence-corrected chi connectivity index (χ2v) is 4.92. The van der Waals surface area contributed by atoms with Crippen LogP contribution in [0.25, 0.3) is 10.1 Å². The van der Waals surface area contributed by atoms with Crippen LogP contribution in [0.2, 0.25) is 0 Å². The van der Waals surface area contributed by atoms with Crippen molar-refractivity contribution in [3.8, 4) is 0 Å². The van der Waals surface area contributed by atoms with Crippen molar-refractivity contribution >= 4 is 56.6 Å². The second kappa shape index (κ2) is 3.16. The van der Waals surface area contributed by atoms with Gasteiger partial charge in [-0.05, 0) is 40.1 Å². The zero-order valence-corrected chi connectivity index (χ0v) is 9.71. The SMILES string of the molecule is Fc1c(I)cc(S)c2ccsc12. The van der Waals surface area contributed by atoms with Gasteiger partial charge in [-0.25, -0.2) is 4.39 Å². The average molecular weight is 310 g/mol. The summed E-state index contributed by atoms with van der Waals surface area (Å²) in [5.41, 5.74) is 0. The third-order valence-electron chi connectivity index (χ3n) is 1.61. The molecule has 0 aliphatic carbocycles. The van der Waals surface area contributed by atoms with Gasteiger partial charge < -0.3 is 0 Å². The Hall–Kier alpha value is 0.190. The number of thiophene rings is 1. The Morgan fingerprint density at radius 3 is 3.00 bits per heavy atom. The Morgan fingerprint density at radius 2 is 2.25 bits per heavy atom. The standard InChI is InChI=1S/C8H4FIS2/c9-7-5(10)3-6(11)4-1-2-12-8(4)7/h1-3,11H. The molecule has 1 aromatic heterocycles. The third-order valence-corrected chi connectivity index (χ3v) is 3.68. The minimum absolute atomic E-state index is 0.126. The van der Waals surface area contributed by atoms with Crippen molar-refractivity contribution in [2.75, 3.05) is 0 Å². The summed E-state index contributed by atoms with van der Waals surface area (Å²) in [5.74, 6) is -0.126. The number of halogens is 2. The van der Waals surface area contributed by atoms with E-state index in [1.54, 1.807) is 6.07 Å². The topological polar surface area (TPSA) is 0 Å². The first-order valence-corrected chi connectivity index (χ1v) is 5.65. The van der Waals surface area contributed by atoms with Crippen LogP contribution in [0.4, 0.5) is 4.39 Å². The minimum atomic E-state index is -0.126. The van der Waals surface area contributed by atoms with Gasteiger partial charge in [0.15, 0.2) is 5.82 Å². The van der Waals surface area contributed by atoms with Crippen LogP contribution >= 0.6 is 46.6 Å². The summed E-state index contributed by atoms with van der Waals surface area (Å²) in [6.45, 7) is 0. The smallest absolute Gasteiger partial charge is 0.154 e. The van der Waals surface area contributed by atoms with Gasteiger partial charge in [0.25, 0.3) is 0 Å². The largest absolute Gasteiger partial charge is 0.204 e. The van der Waals surface area contributed by atoms with Gasteiger partial charge in [0.05, 0.1) is 8.27 Å². The van der Waals surface area contributed by atoms with Gasteiger partial charge in [-0.3, -0.25) is 0 Å². The molecule has 0 saturated carbocycles. The van der Waals surface area contributed by atoms with Crippen LogP contribution in [0, 0.1) is 9.39 Å². The summed E-state index contributed by atoms with van der Waals surface area (Å²) in [6.07, 6.45) is 0. The van der Waals surface area contributed by atoms with Crippen LogP contribution in [0.5, 0.6) is 0 Å². The minimum Gasteiger partial charge on any atom is -0.204 e. The molecule has 0 N–H and O–H groups in total. The summed E-state index contributed by atoms with van der Waals surface area (Å²) in [5, 5.41) is 2.78. The summed E-state index contributed by atoms with van der Waals surface area (Å²) in [6, 6.07) is 3.63. The normalized spacial score (nSPS) is 10.9. The Morgan fingerprint density at radius 1 is 1.50 bits per heavy atom. The number of hydrogen-bond acceptors (Lipinski definition) is 2.